The number of carbonyl (C=O) groups is 2. The van der Waals surface area contributed by atoms with E-state index in [1.807, 2.05) is 5.43 Å². The van der Waals surface area contributed by atoms with Crippen molar-refractivity contribution in [3.05, 3.63) is 17.5 Å². The van der Waals surface area contributed by atoms with Gasteiger partial charge in [-0.25, -0.2) is 10.6 Å². The molecule has 0 aliphatic heterocycles. The van der Waals surface area contributed by atoms with E-state index in [-0.39, 0.29) is 17.1 Å². The molecule has 0 atom stereocenters. The average Bonchev–Trinajstić information content (AvgIpc) is 2.81. The van der Waals surface area contributed by atoms with Crippen molar-refractivity contribution < 1.29 is 19.2 Å². The summed E-state index contributed by atoms with van der Waals surface area (Å²) in [5, 5.41) is 9.80. The molecule has 0 fully saturated rings. The molecule has 1 amide bonds. The van der Waals surface area contributed by atoms with E-state index in [0.29, 0.717) is 0 Å². The van der Waals surface area contributed by atoms with Crippen molar-refractivity contribution in [2.75, 3.05) is 7.11 Å². The van der Waals surface area contributed by atoms with Crippen molar-refractivity contribution in [3.63, 3.8) is 0 Å². The first-order valence-corrected chi connectivity index (χ1v) is 5.69. The molecule has 1 aromatic rings. The SMILES string of the molecule is CON=C(C(=O)OC(C)(C)C)c1cc(C(=O)NN)[nH]n1. The Balaban J connectivity index is 3.03. The molecule has 0 aliphatic carbocycles. The van der Waals surface area contributed by atoms with Gasteiger partial charge in [0.1, 0.15) is 24.1 Å². The summed E-state index contributed by atoms with van der Waals surface area (Å²) < 4.78 is 5.17. The standard InChI is InChI=1S/C11H17N5O4/c1-11(2,3)20-10(18)8(16-19-4)6-5-7(15-14-6)9(17)13-12/h5H,12H2,1-4H3,(H,13,17)(H,14,15). The number of nitrogen functional groups attached to an aromatic ring is 1. The minimum Gasteiger partial charge on any atom is -0.455 e. The van der Waals surface area contributed by atoms with Crippen LogP contribution in [-0.2, 0) is 14.4 Å². The molecular weight excluding hydrogens is 266 g/mol. The van der Waals surface area contributed by atoms with Gasteiger partial charge in [-0.1, -0.05) is 5.16 Å². The fraction of sp³-hybridized carbons (Fsp3) is 0.455. The van der Waals surface area contributed by atoms with Crippen LogP contribution in [0.3, 0.4) is 0 Å². The van der Waals surface area contributed by atoms with E-state index in [1.165, 1.54) is 13.2 Å². The maximum atomic E-state index is 12.0. The van der Waals surface area contributed by atoms with Gasteiger partial charge in [0.25, 0.3) is 5.91 Å². The Morgan fingerprint density at radius 1 is 1.45 bits per heavy atom. The highest BCUT2D eigenvalue weighted by Gasteiger charge is 2.26. The number of oxime groups is 1. The highest BCUT2D eigenvalue weighted by molar-refractivity contribution is 6.42. The summed E-state index contributed by atoms with van der Waals surface area (Å²) in [7, 11) is 1.28. The van der Waals surface area contributed by atoms with Crippen molar-refractivity contribution in [2.45, 2.75) is 26.4 Å². The van der Waals surface area contributed by atoms with Crippen LogP contribution in [0.25, 0.3) is 0 Å². The molecule has 110 valence electrons. The molecule has 1 aromatic heterocycles. The van der Waals surface area contributed by atoms with Gasteiger partial charge in [-0.2, -0.15) is 5.10 Å². The minimum absolute atomic E-state index is 0.0786. The van der Waals surface area contributed by atoms with E-state index < -0.39 is 17.5 Å². The van der Waals surface area contributed by atoms with E-state index in [2.05, 4.69) is 20.2 Å². The van der Waals surface area contributed by atoms with E-state index in [4.69, 9.17) is 10.6 Å². The number of hydrazine groups is 1. The Kier molecular flexibility index (Phi) is 4.81. The van der Waals surface area contributed by atoms with Gasteiger partial charge in [-0.3, -0.25) is 15.3 Å². The molecule has 0 radical (unpaired) electrons. The van der Waals surface area contributed by atoms with Crippen LogP contribution in [-0.4, -0.2) is 40.5 Å². The summed E-state index contributed by atoms with van der Waals surface area (Å²) in [6.45, 7) is 5.15. The van der Waals surface area contributed by atoms with Gasteiger partial charge >= 0.3 is 5.97 Å². The minimum atomic E-state index is -0.717. The number of H-pyrrole nitrogens is 1. The predicted molar refractivity (Wildman–Crippen MR) is 69.6 cm³/mol. The van der Waals surface area contributed by atoms with Crippen LogP contribution in [0.4, 0.5) is 0 Å². The molecule has 20 heavy (non-hydrogen) atoms. The predicted octanol–water partition coefficient (Wildman–Crippen LogP) is -0.295. The summed E-state index contributed by atoms with van der Waals surface area (Å²) >= 11 is 0. The lowest BCUT2D eigenvalue weighted by molar-refractivity contribution is -0.146. The van der Waals surface area contributed by atoms with E-state index in [9.17, 15) is 9.59 Å². The average molecular weight is 283 g/mol. The van der Waals surface area contributed by atoms with Crippen molar-refractivity contribution in [1.29, 1.82) is 0 Å². The molecule has 0 spiro atoms. The Hall–Kier alpha value is -2.42. The van der Waals surface area contributed by atoms with Gasteiger partial charge in [0.05, 0.1) is 0 Å². The van der Waals surface area contributed by atoms with Crippen LogP contribution in [0.5, 0.6) is 0 Å². The number of nitrogens with one attached hydrogen (secondary N) is 2. The van der Waals surface area contributed by atoms with Gasteiger partial charge in [0.2, 0.25) is 5.71 Å². The maximum Gasteiger partial charge on any atom is 0.363 e. The third-order valence-corrected chi connectivity index (χ3v) is 1.97. The van der Waals surface area contributed by atoms with Gasteiger partial charge < -0.3 is 9.57 Å². The topological polar surface area (TPSA) is 132 Å². The molecule has 0 bridgehead atoms. The number of aromatic nitrogens is 2. The summed E-state index contributed by atoms with van der Waals surface area (Å²) in [5.74, 6) is 3.70. The third kappa shape index (κ3) is 4.05. The van der Waals surface area contributed by atoms with Crippen molar-refractivity contribution in [1.82, 2.24) is 15.6 Å². The number of aromatic amines is 1. The zero-order chi connectivity index (χ0) is 15.3. The number of nitrogens with zero attached hydrogens (tertiary/aromatic N) is 2. The highest BCUT2D eigenvalue weighted by Crippen LogP contribution is 2.11. The molecule has 9 nitrogen and oxygen atoms in total. The van der Waals surface area contributed by atoms with Gasteiger partial charge in [-0.15, -0.1) is 0 Å². The maximum absolute atomic E-state index is 12.0. The fourth-order valence-electron chi connectivity index (χ4n) is 1.24. The van der Waals surface area contributed by atoms with Crippen LogP contribution in [0.2, 0.25) is 0 Å². The number of rotatable bonds is 4. The normalized spacial score (nSPS) is 11.9. The van der Waals surface area contributed by atoms with Crippen LogP contribution < -0.4 is 11.3 Å². The molecule has 0 unspecified atom stereocenters. The molecule has 0 saturated carbocycles. The van der Waals surface area contributed by atoms with Crippen LogP contribution in [0.1, 0.15) is 37.0 Å². The van der Waals surface area contributed by atoms with Gasteiger partial charge in [0, 0.05) is 0 Å². The molecule has 4 N–H and O–H groups in total. The zero-order valence-electron chi connectivity index (χ0n) is 11.7. The molecule has 0 aliphatic rings. The van der Waals surface area contributed by atoms with Gasteiger partial charge in [-0.05, 0) is 26.8 Å². The Morgan fingerprint density at radius 2 is 2.10 bits per heavy atom. The van der Waals surface area contributed by atoms with Crippen molar-refractivity contribution >= 4 is 17.6 Å². The fourth-order valence-corrected chi connectivity index (χ4v) is 1.24. The van der Waals surface area contributed by atoms with Crippen molar-refractivity contribution in [2.24, 2.45) is 11.0 Å². The third-order valence-electron chi connectivity index (χ3n) is 1.97. The number of ether oxygens (including phenoxy) is 1. The lowest BCUT2D eigenvalue weighted by Gasteiger charge is -2.19. The van der Waals surface area contributed by atoms with Crippen LogP contribution in [0.15, 0.2) is 11.2 Å². The molecule has 1 rings (SSSR count). The first-order valence-electron chi connectivity index (χ1n) is 5.69. The summed E-state index contributed by atoms with van der Waals surface area (Å²) in [6, 6.07) is 1.31. The van der Waals surface area contributed by atoms with E-state index in [0.717, 1.165) is 0 Å². The zero-order valence-corrected chi connectivity index (χ0v) is 11.7. The Bertz CT molecular complexity index is 529. The number of amides is 1. The monoisotopic (exact) mass is 283 g/mol. The smallest absolute Gasteiger partial charge is 0.363 e. The van der Waals surface area contributed by atoms with Crippen LogP contribution >= 0.6 is 0 Å². The molecular formula is C11H17N5O4. The highest BCUT2D eigenvalue weighted by atomic mass is 16.6. The van der Waals surface area contributed by atoms with E-state index in [1.54, 1.807) is 20.8 Å². The quantitative estimate of drug-likeness (QED) is 0.229. The lowest BCUT2D eigenvalue weighted by atomic mass is 10.2. The van der Waals surface area contributed by atoms with E-state index >= 15 is 0 Å². The number of hydrogen-bond acceptors (Lipinski definition) is 7. The largest absolute Gasteiger partial charge is 0.455 e. The molecule has 1 heterocycles. The Labute approximate surface area is 115 Å². The first kappa shape index (κ1) is 15.6. The second kappa shape index (κ2) is 6.15. The van der Waals surface area contributed by atoms with Gasteiger partial charge in [0.15, 0.2) is 0 Å². The Morgan fingerprint density at radius 3 is 2.60 bits per heavy atom. The molecule has 0 saturated heterocycles. The summed E-state index contributed by atoms with van der Waals surface area (Å²) in [5.41, 5.74) is 1.27. The number of esters is 1. The second-order valence-corrected chi connectivity index (χ2v) is 4.76. The molecule has 9 heteroatoms. The van der Waals surface area contributed by atoms with Crippen LogP contribution in [0, 0.1) is 0 Å². The number of carbonyl (C=O) groups excluding carboxylic acids is 2. The van der Waals surface area contributed by atoms with Crippen molar-refractivity contribution in [3.8, 4) is 0 Å². The summed E-state index contributed by atoms with van der Waals surface area (Å²) in [4.78, 5) is 27.9. The number of hydrogen-bond donors (Lipinski definition) is 3. The number of nitrogens with two attached hydrogens (primary N) is 1. The first-order chi connectivity index (χ1) is 9.28. The lowest BCUT2D eigenvalue weighted by Crippen LogP contribution is -2.30. The second-order valence-electron chi connectivity index (χ2n) is 4.76. The molecule has 0 aromatic carbocycles. The summed E-state index contributed by atoms with van der Waals surface area (Å²) in [6.07, 6.45) is 0.